The molecule has 0 aliphatic heterocycles. The van der Waals surface area contributed by atoms with E-state index < -0.39 is 0 Å². The van der Waals surface area contributed by atoms with E-state index in [9.17, 15) is 4.79 Å². The molecule has 2 nitrogen and oxygen atoms in total. The maximum Gasteiger partial charge on any atom is 0.309 e. The lowest BCUT2D eigenvalue weighted by Crippen LogP contribution is -2.08. The monoisotopic (exact) mass is 198 g/mol. The molecule has 0 bridgehead atoms. The number of unbranched alkanes of at least 4 members (excludes halogenated alkanes) is 2. The van der Waals surface area contributed by atoms with Crippen molar-refractivity contribution >= 4 is 5.97 Å². The summed E-state index contributed by atoms with van der Waals surface area (Å²) in [5.74, 6) is 0.300. The second-order valence-corrected chi connectivity index (χ2v) is 3.89. The molecule has 0 heterocycles. The van der Waals surface area contributed by atoms with Crippen LogP contribution in [0.15, 0.2) is 12.2 Å². The molecule has 0 fully saturated rings. The standard InChI is InChI=1S/C12H22O2/c1-4-5-6-7-8-9-12(13)14-10-11(2)3/h7-8,11H,4-6,9-10H2,1-3H3/b8-7+. The van der Waals surface area contributed by atoms with E-state index in [1.807, 2.05) is 19.9 Å². The fourth-order valence-corrected chi connectivity index (χ4v) is 0.938. The summed E-state index contributed by atoms with van der Waals surface area (Å²) >= 11 is 0. The highest BCUT2D eigenvalue weighted by molar-refractivity contribution is 5.71. The quantitative estimate of drug-likeness (QED) is 0.356. The van der Waals surface area contributed by atoms with Crippen LogP contribution < -0.4 is 0 Å². The maximum atomic E-state index is 11.1. The van der Waals surface area contributed by atoms with Crippen LogP contribution in [0.4, 0.5) is 0 Å². The first-order chi connectivity index (χ1) is 6.66. The van der Waals surface area contributed by atoms with E-state index >= 15 is 0 Å². The largest absolute Gasteiger partial charge is 0.465 e. The van der Waals surface area contributed by atoms with Gasteiger partial charge in [-0.2, -0.15) is 0 Å². The van der Waals surface area contributed by atoms with Crippen molar-refractivity contribution in [2.45, 2.75) is 46.5 Å². The number of carbonyl (C=O) groups is 1. The van der Waals surface area contributed by atoms with Crippen LogP contribution in [0, 0.1) is 5.92 Å². The normalized spacial score (nSPS) is 11.1. The molecule has 82 valence electrons. The Kier molecular flexibility index (Phi) is 8.30. The SMILES string of the molecule is CCCC/C=C/CC(=O)OCC(C)C. The van der Waals surface area contributed by atoms with Crippen LogP contribution >= 0.6 is 0 Å². The Bertz CT molecular complexity index is 171. The summed E-state index contributed by atoms with van der Waals surface area (Å²) in [6, 6.07) is 0. The second kappa shape index (κ2) is 8.79. The molecule has 0 atom stereocenters. The van der Waals surface area contributed by atoms with Gasteiger partial charge in [0.2, 0.25) is 0 Å². The van der Waals surface area contributed by atoms with Gasteiger partial charge < -0.3 is 4.74 Å². The number of allylic oxidation sites excluding steroid dienone is 1. The molecule has 0 aromatic carbocycles. The lowest BCUT2D eigenvalue weighted by molar-refractivity contribution is -0.143. The number of ether oxygens (including phenoxy) is 1. The van der Waals surface area contributed by atoms with Crippen molar-refractivity contribution in [1.82, 2.24) is 0 Å². The molecule has 0 N–H and O–H groups in total. The molecule has 0 aliphatic carbocycles. The van der Waals surface area contributed by atoms with E-state index in [2.05, 4.69) is 13.0 Å². The third-order valence-corrected chi connectivity index (χ3v) is 1.75. The van der Waals surface area contributed by atoms with Gasteiger partial charge in [0.15, 0.2) is 0 Å². The number of rotatable bonds is 7. The van der Waals surface area contributed by atoms with E-state index in [4.69, 9.17) is 4.74 Å². The first kappa shape index (κ1) is 13.2. The van der Waals surface area contributed by atoms with Crippen molar-refractivity contribution in [3.05, 3.63) is 12.2 Å². The third-order valence-electron chi connectivity index (χ3n) is 1.75. The lowest BCUT2D eigenvalue weighted by atomic mass is 10.2. The van der Waals surface area contributed by atoms with E-state index in [1.54, 1.807) is 0 Å². The Hall–Kier alpha value is -0.790. The summed E-state index contributed by atoms with van der Waals surface area (Å²) in [7, 11) is 0. The van der Waals surface area contributed by atoms with Crippen molar-refractivity contribution in [1.29, 1.82) is 0 Å². The summed E-state index contributed by atoms with van der Waals surface area (Å²) in [6.45, 7) is 6.75. The molecule has 14 heavy (non-hydrogen) atoms. The molecule has 0 aliphatic rings. The Labute approximate surface area is 87.3 Å². The minimum atomic E-state index is -0.119. The number of hydrogen-bond acceptors (Lipinski definition) is 2. The van der Waals surface area contributed by atoms with E-state index in [1.165, 1.54) is 12.8 Å². The van der Waals surface area contributed by atoms with Gasteiger partial charge in [-0.3, -0.25) is 4.79 Å². The Morgan fingerprint density at radius 1 is 1.36 bits per heavy atom. The van der Waals surface area contributed by atoms with Crippen LogP contribution in [-0.2, 0) is 9.53 Å². The fourth-order valence-electron chi connectivity index (χ4n) is 0.938. The molecule has 2 heteroatoms. The Balaban J connectivity index is 3.39. The first-order valence-corrected chi connectivity index (χ1v) is 5.47. The number of hydrogen-bond donors (Lipinski definition) is 0. The van der Waals surface area contributed by atoms with Gasteiger partial charge in [-0.1, -0.05) is 45.8 Å². The molecular formula is C12H22O2. The molecule has 0 radical (unpaired) electrons. The average molecular weight is 198 g/mol. The predicted molar refractivity (Wildman–Crippen MR) is 59.1 cm³/mol. The van der Waals surface area contributed by atoms with Gasteiger partial charge in [0.25, 0.3) is 0 Å². The van der Waals surface area contributed by atoms with Crippen LogP contribution in [0.3, 0.4) is 0 Å². The maximum absolute atomic E-state index is 11.1. The molecule has 0 aromatic heterocycles. The summed E-state index contributed by atoms with van der Waals surface area (Å²) in [4.78, 5) is 11.1. The van der Waals surface area contributed by atoms with Crippen molar-refractivity contribution < 1.29 is 9.53 Å². The second-order valence-electron chi connectivity index (χ2n) is 3.89. The van der Waals surface area contributed by atoms with Gasteiger partial charge in [-0.25, -0.2) is 0 Å². The van der Waals surface area contributed by atoms with Gasteiger partial charge in [-0.15, -0.1) is 0 Å². The zero-order chi connectivity index (χ0) is 10.8. The smallest absolute Gasteiger partial charge is 0.309 e. The predicted octanol–water partition coefficient (Wildman–Crippen LogP) is 3.32. The summed E-state index contributed by atoms with van der Waals surface area (Å²) < 4.78 is 5.02. The molecule has 0 rings (SSSR count). The first-order valence-electron chi connectivity index (χ1n) is 5.47. The zero-order valence-electron chi connectivity index (χ0n) is 9.58. The number of carbonyl (C=O) groups excluding carboxylic acids is 1. The topological polar surface area (TPSA) is 26.3 Å². The van der Waals surface area contributed by atoms with Crippen LogP contribution in [0.1, 0.15) is 46.5 Å². The molecular weight excluding hydrogens is 176 g/mol. The van der Waals surface area contributed by atoms with Crippen molar-refractivity contribution in [2.24, 2.45) is 5.92 Å². The number of esters is 1. The molecule has 0 aromatic rings. The fraction of sp³-hybridized carbons (Fsp3) is 0.750. The highest BCUT2D eigenvalue weighted by atomic mass is 16.5. The Morgan fingerprint density at radius 2 is 2.07 bits per heavy atom. The van der Waals surface area contributed by atoms with Crippen LogP contribution in [0.25, 0.3) is 0 Å². The van der Waals surface area contributed by atoms with Crippen LogP contribution in [0.5, 0.6) is 0 Å². The summed E-state index contributed by atoms with van der Waals surface area (Å²) in [5, 5.41) is 0. The zero-order valence-corrected chi connectivity index (χ0v) is 9.58. The van der Waals surface area contributed by atoms with Crippen LogP contribution in [0.2, 0.25) is 0 Å². The van der Waals surface area contributed by atoms with Gasteiger partial charge in [0, 0.05) is 0 Å². The third kappa shape index (κ3) is 9.30. The average Bonchev–Trinajstić information content (AvgIpc) is 2.14. The minimum Gasteiger partial charge on any atom is -0.465 e. The Morgan fingerprint density at radius 3 is 2.64 bits per heavy atom. The van der Waals surface area contributed by atoms with Crippen molar-refractivity contribution in [2.75, 3.05) is 6.61 Å². The van der Waals surface area contributed by atoms with Crippen LogP contribution in [-0.4, -0.2) is 12.6 Å². The summed E-state index contributed by atoms with van der Waals surface area (Å²) in [5.41, 5.74) is 0. The van der Waals surface area contributed by atoms with Gasteiger partial charge in [-0.05, 0) is 12.3 Å². The lowest BCUT2D eigenvalue weighted by Gasteiger charge is -2.04. The molecule has 0 amide bonds. The molecule has 0 saturated heterocycles. The van der Waals surface area contributed by atoms with Gasteiger partial charge in [0.05, 0.1) is 13.0 Å². The van der Waals surface area contributed by atoms with E-state index in [-0.39, 0.29) is 5.97 Å². The van der Waals surface area contributed by atoms with Gasteiger partial charge >= 0.3 is 5.97 Å². The highest BCUT2D eigenvalue weighted by Gasteiger charge is 2.00. The van der Waals surface area contributed by atoms with E-state index in [0.29, 0.717) is 18.9 Å². The summed E-state index contributed by atoms with van der Waals surface area (Å²) in [6.07, 6.45) is 7.82. The molecule has 0 spiro atoms. The molecule has 0 unspecified atom stereocenters. The van der Waals surface area contributed by atoms with Crippen molar-refractivity contribution in [3.63, 3.8) is 0 Å². The highest BCUT2D eigenvalue weighted by Crippen LogP contribution is 1.98. The molecule has 0 saturated carbocycles. The van der Waals surface area contributed by atoms with Gasteiger partial charge in [0.1, 0.15) is 0 Å². The van der Waals surface area contributed by atoms with Crippen molar-refractivity contribution in [3.8, 4) is 0 Å². The minimum absolute atomic E-state index is 0.119. The van der Waals surface area contributed by atoms with E-state index in [0.717, 1.165) is 6.42 Å².